The Balaban J connectivity index is 1.66. The van der Waals surface area contributed by atoms with Crippen molar-refractivity contribution >= 4 is 5.91 Å². The lowest BCUT2D eigenvalue weighted by atomic mass is 10.1. The minimum absolute atomic E-state index is 0.0424. The number of pyridine rings is 1. The SMILES string of the molecule is COc1cc(C(=O)NCc2ccc(Cn3ccccc3=O)cc2)cc(OC)c1OC. The van der Waals surface area contributed by atoms with E-state index in [0.717, 1.165) is 11.1 Å². The van der Waals surface area contributed by atoms with Crippen LogP contribution in [-0.4, -0.2) is 31.8 Å². The molecule has 156 valence electrons. The molecule has 3 rings (SSSR count). The largest absolute Gasteiger partial charge is 0.493 e. The van der Waals surface area contributed by atoms with Crippen LogP contribution in [0.1, 0.15) is 21.5 Å². The Bertz CT molecular complexity index is 1050. The first-order valence-electron chi connectivity index (χ1n) is 9.37. The van der Waals surface area contributed by atoms with Gasteiger partial charge in [-0.1, -0.05) is 30.3 Å². The minimum Gasteiger partial charge on any atom is -0.493 e. The smallest absolute Gasteiger partial charge is 0.251 e. The van der Waals surface area contributed by atoms with Gasteiger partial charge in [0.2, 0.25) is 5.75 Å². The second-order valence-electron chi connectivity index (χ2n) is 6.58. The Morgan fingerprint density at radius 1 is 0.900 bits per heavy atom. The van der Waals surface area contributed by atoms with Gasteiger partial charge in [-0.3, -0.25) is 9.59 Å². The average Bonchev–Trinajstić information content (AvgIpc) is 2.78. The van der Waals surface area contributed by atoms with E-state index in [2.05, 4.69) is 5.32 Å². The van der Waals surface area contributed by atoms with E-state index in [1.807, 2.05) is 30.3 Å². The summed E-state index contributed by atoms with van der Waals surface area (Å²) in [5, 5.41) is 2.89. The lowest BCUT2D eigenvalue weighted by Crippen LogP contribution is -2.23. The van der Waals surface area contributed by atoms with Crippen molar-refractivity contribution in [1.82, 2.24) is 9.88 Å². The zero-order valence-corrected chi connectivity index (χ0v) is 17.2. The van der Waals surface area contributed by atoms with E-state index in [4.69, 9.17) is 14.2 Å². The van der Waals surface area contributed by atoms with Crippen LogP contribution in [-0.2, 0) is 13.1 Å². The highest BCUT2D eigenvalue weighted by Crippen LogP contribution is 2.38. The highest BCUT2D eigenvalue weighted by Gasteiger charge is 2.16. The predicted molar refractivity (Wildman–Crippen MR) is 114 cm³/mol. The molecule has 0 aliphatic heterocycles. The normalized spacial score (nSPS) is 10.4. The van der Waals surface area contributed by atoms with Gasteiger partial charge >= 0.3 is 0 Å². The summed E-state index contributed by atoms with van der Waals surface area (Å²) in [7, 11) is 4.52. The standard InChI is InChI=1S/C23H24N2O5/c1-28-19-12-18(13-20(29-2)22(19)30-3)23(27)24-14-16-7-9-17(10-8-16)15-25-11-5-4-6-21(25)26/h4-13H,14-15H2,1-3H3,(H,24,27). The summed E-state index contributed by atoms with van der Waals surface area (Å²) < 4.78 is 17.5. The molecule has 0 fully saturated rings. The van der Waals surface area contributed by atoms with Crippen molar-refractivity contribution in [2.75, 3.05) is 21.3 Å². The highest BCUT2D eigenvalue weighted by atomic mass is 16.5. The first-order valence-corrected chi connectivity index (χ1v) is 9.37. The van der Waals surface area contributed by atoms with Crippen LogP contribution in [0.25, 0.3) is 0 Å². The number of hydrogen-bond acceptors (Lipinski definition) is 5. The summed E-state index contributed by atoms with van der Waals surface area (Å²) in [5.74, 6) is 1.02. The van der Waals surface area contributed by atoms with Crippen molar-refractivity contribution < 1.29 is 19.0 Å². The molecule has 1 aromatic heterocycles. The fourth-order valence-electron chi connectivity index (χ4n) is 3.05. The molecule has 0 saturated heterocycles. The van der Waals surface area contributed by atoms with E-state index in [9.17, 15) is 9.59 Å². The van der Waals surface area contributed by atoms with Gasteiger partial charge in [0.15, 0.2) is 11.5 Å². The Hall–Kier alpha value is -3.74. The lowest BCUT2D eigenvalue weighted by Gasteiger charge is -2.14. The van der Waals surface area contributed by atoms with Crippen LogP contribution in [0.3, 0.4) is 0 Å². The Morgan fingerprint density at radius 3 is 2.10 bits per heavy atom. The first-order chi connectivity index (χ1) is 14.5. The monoisotopic (exact) mass is 408 g/mol. The molecule has 1 amide bonds. The molecule has 0 aliphatic carbocycles. The summed E-state index contributed by atoms with van der Waals surface area (Å²) >= 11 is 0. The quantitative estimate of drug-likeness (QED) is 0.620. The van der Waals surface area contributed by atoms with Gasteiger partial charge in [0.1, 0.15) is 0 Å². The van der Waals surface area contributed by atoms with E-state index >= 15 is 0 Å². The third-order valence-electron chi connectivity index (χ3n) is 4.65. The lowest BCUT2D eigenvalue weighted by molar-refractivity contribution is 0.0950. The van der Waals surface area contributed by atoms with E-state index in [1.165, 1.54) is 27.4 Å². The summed E-state index contributed by atoms with van der Waals surface area (Å²) in [6.07, 6.45) is 1.76. The van der Waals surface area contributed by atoms with Gasteiger partial charge in [-0.2, -0.15) is 0 Å². The van der Waals surface area contributed by atoms with Gasteiger partial charge in [0.05, 0.1) is 27.9 Å². The van der Waals surface area contributed by atoms with Crippen LogP contribution in [0, 0.1) is 0 Å². The highest BCUT2D eigenvalue weighted by molar-refractivity contribution is 5.95. The molecule has 7 nitrogen and oxygen atoms in total. The number of hydrogen-bond donors (Lipinski definition) is 1. The molecule has 0 saturated carbocycles. The maximum absolute atomic E-state index is 12.6. The molecule has 0 radical (unpaired) electrons. The molecule has 0 bridgehead atoms. The van der Waals surface area contributed by atoms with Gasteiger partial charge in [-0.15, -0.1) is 0 Å². The maximum atomic E-state index is 12.6. The molecular weight excluding hydrogens is 384 g/mol. The summed E-state index contributed by atoms with van der Waals surface area (Å²) in [6, 6.07) is 16.0. The molecule has 0 spiro atoms. The number of ether oxygens (including phenoxy) is 3. The van der Waals surface area contributed by atoms with E-state index in [-0.39, 0.29) is 11.5 Å². The zero-order valence-electron chi connectivity index (χ0n) is 17.2. The molecule has 0 atom stereocenters. The number of rotatable bonds is 8. The Morgan fingerprint density at radius 2 is 1.53 bits per heavy atom. The first kappa shape index (κ1) is 21.0. The fourth-order valence-corrected chi connectivity index (χ4v) is 3.05. The van der Waals surface area contributed by atoms with E-state index in [1.54, 1.807) is 29.0 Å². The number of benzene rings is 2. The van der Waals surface area contributed by atoms with Crippen LogP contribution >= 0.6 is 0 Å². The number of nitrogens with zero attached hydrogens (tertiary/aromatic N) is 1. The van der Waals surface area contributed by atoms with E-state index < -0.39 is 0 Å². The Labute approximate surface area is 174 Å². The van der Waals surface area contributed by atoms with Gasteiger partial charge in [0, 0.05) is 24.4 Å². The number of nitrogens with one attached hydrogen (secondary N) is 1. The van der Waals surface area contributed by atoms with Gasteiger partial charge in [0.25, 0.3) is 11.5 Å². The van der Waals surface area contributed by atoms with Gasteiger partial charge in [-0.25, -0.2) is 0 Å². The molecule has 1 heterocycles. The second-order valence-corrected chi connectivity index (χ2v) is 6.58. The Kier molecular flexibility index (Phi) is 6.75. The molecular formula is C23H24N2O5. The maximum Gasteiger partial charge on any atom is 0.251 e. The van der Waals surface area contributed by atoms with Crippen LogP contribution in [0.15, 0.2) is 65.6 Å². The summed E-state index contributed by atoms with van der Waals surface area (Å²) in [4.78, 5) is 24.4. The average molecular weight is 408 g/mol. The number of aromatic nitrogens is 1. The van der Waals surface area contributed by atoms with Crippen LogP contribution in [0.5, 0.6) is 17.2 Å². The van der Waals surface area contributed by atoms with Crippen molar-refractivity contribution in [1.29, 1.82) is 0 Å². The molecule has 7 heteroatoms. The summed E-state index contributed by atoms with van der Waals surface area (Å²) in [6.45, 7) is 0.860. The van der Waals surface area contributed by atoms with Crippen molar-refractivity contribution in [3.8, 4) is 17.2 Å². The van der Waals surface area contributed by atoms with Crippen molar-refractivity contribution in [2.24, 2.45) is 0 Å². The predicted octanol–water partition coefficient (Wildman–Crippen LogP) is 2.85. The number of carbonyl (C=O) groups excluding carboxylic acids is 1. The molecule has 30 heavy (non-hydrogen) atoms. The van der Waals surface area contributed by atoms with Crippen molar-refractivity contribution in [3.05, 3.63) is 87.8 Å². The van der Waals surface area contributed by atoms with Crippen LogP contribution in [0.2, 0.25) is 0 Å². The fraction of sp³-hybridized carbons (Fsp3) is 0.217. The number of methoxy groups -OCH3 is 3. The zero-order chi connectivity index (χ0) is 21.5. The van der Waals surface area contributed by atoms with Crippen LogP contribution < -0.4 is 25.1 Å². The number of carbonyl (C=O) groups is 1. The van der Waals surface area contributed by atoms with Crippen molar-refractivity contribution in [2.45, 2.75) is 13.1 Å². The minimum atomic E-state index is -0.255. The van der Waals surface area contributed by atoms with Crippen molar-refractivity contribution in [3.63, 3.8) is 0 Å². The molecule has 3 aromatic rings. The topological polar surface area (TPSA) is 78.8 Å². The molecule has 2 aromatic carbocycles. The third-order valence-corrected chi connectivity index (χ3v) is 4.65. The summed E-state index contributed by atoms with van der Waals surface area (Å²) in [5.41, 5.74) is 2.31. The number of amides is 1. The van der Waals surface area contributed by atoms with E-state index in [0.29, 0.717) is 35.9 Å². The van der Waals surface area contributed by atoms with Crippen LogP contribution in [0.4, 0.5) is 0 Å². The molecule has 1 N–H and O–H groups in total. The van der Waals surface area contributed by atoms with Gasteiger partial charge in [-0.05, 0) is 29.3 Å². The second kappa shape index (κ2) is 9.65. The molecule has 0 aliphatic rings. The third kappa shape index (κ3) is 4.81. The van der Waals surface area contributed by atoms with Gasteiger partial charge < -0.3 is 24.1 Å². The molecule has 0 unspecified atom stereocenters.